The number of hydrogen-bond acceptors (Lipinski definition) is 5. The summed E-state index contributed by atoms with van der Waals surface area (Å²) >= 11 is 7.66. The van der Waals surface area contributed by atoms with E-state index in [2.05, 4.69) is 15.1 Å². The Bertz CT molecular complexity index is 1370. The van der Waals surface area contributed by atoms with Crippen LogP contribution < -0.4 is 0 Å². The van der Waals surface area contributed by atoms with E-state index in [1.54, 1.807) is 18.5 Å². The molecule has 0 saturated heterocycles. The number of rotatable bonds is 3. The van der Waals surface area contributed by atoms with Crippen LogP contribution in [0.2, 0.25) is 5.02 Å². The number of carbonyl (C=O) groups excluding carboxylic acids is 1. The number of amides is 1. The molecule has 0 aliphatic carbocycles. The van der Waals surface area contributed by atoms with Crippen LogP contribution in [-0.4, -0.2) is 36.5 Å². The molecule has 0 atom stereocenters. The number of hydrazone groups is 1. The summed E-state index contributed by atoms with van der Waals surface area (Å²) in [7, 11) is 0. The first-order valence-electron chi connectivity index (χ1n) is 9.78. The van der Waals surface area contributed by atoms with Gasteiger partial charge in [0.2, 0.25) is 5.17 Å². The molecule has 2 aromatic heterocycles. The van der Waals surface area contributed by atoms with E-state index in [-0.39, 0.29) is 11.4 Å². The summed E-state index contributed by atoms with van der Waals surface area (Å²) in [5.74, 6) is -0.465. The third-order valence-electron chi connectivity index (χ3n) is 5.23. The lowest BCUT2D eigenvalue weighted by Gasteiger charge is -2.20. The Morgan fingerprint density at radius 1 is 1.16 bits per heavy atom. The number of aromatic nitrogens is 2. The largest absolute Gasteiger partial charge is 0.316 e. The Balaban J connectivity index is 1.53. The van der Waals surface area contributed by atoms with Gasteiger partial charge < -0.3 is 4.57 Å². The minimum absolute atomic E-state index is 0.00561. The van der Waals surface area contributed by atoms with E-state index in [4.69, 9.17) is 17.0 Å². The van der Waals surface area contributed by atoms with Crippen LogP contribution in [0.15, 0.2) is 70.5 Å². The van der Waals surface area contributed by atoms with Crippen molar-refractivity contribution in [1.82, 2.24) is 14.6 Å². The van der Waals surface area contributed by atoms with Crippen LogP contribution in [0.1, 0.15) is 22.5 Å². The number of halogens is 1. The maximum atomic E-state index is 12.8. The molecule has 4 heterocycles. The standard InChI is InChI=1S/C23H17ClN6OS/c1-13-10-16(14(2)29(13)19-8-4-3-7-18(19)24)11-17-20(25)30-23(27-21(17)31)32-22(28-30)15-6-5-9-26-12-15/h3-12,25H,1-2H3. The maximum Gasteiger partial charge on any atom is 0.283 e. The van der Waals surface area contributed by atoms with Crippen LogP contribution >= 0.6 is 23.4 Å². The number of pyridine rings is 1. The monoisotopic (exact) mass is 460 g/mol. The van der Waals surface area contributed by atoms with E-state index in [1.807, 2.05) is 60.9 Å². The Hall–Kier alpha value is -3.49. The summed E-state index contributed by atoms with van der Waals surface area (Å²) < 4.78 is 2.03. The van der Waals surface area contributed by atoms with E-state index in [0.717, 1.165) is 28.2 Å². The van der Waals surface area contributed by atoms with Gasteiger partial charge in [-0.15, -0.1) is 0 Å². The average Bonchev–Trinajstić information content (AvgIpc) is 3.33. The van der Waals surface area contributed by atoms with Crippen molar-refractivity contribution in [2.75, 3.05) is 0 Å². The molecule has 3 aromatic rings. The molecule has 0 saturated carbocycles. The van der Waals surface area contributed by atoms with Gasteiger partial charge >= 0.3 is 0 Å². The van der Waals surface area contributed by atoms with Crippen molar-refractivity contribution in [1.29, 1.82) is 5.41 Å². The number of thioether (sulfide) groups is 1. The van der Waals surface area contributed by atoms with Gasteiger partial charge in [-0.1, -0.05) is 23.7 Å². The molecule has 32 heavy (non-hydrogen) atoms. The van der Waals surface area contributed by atoms with Crippen LogP contribution in [0.3, 0.4) is 0 Å². The SMILES string of the molecule is Cc1cc(C=C2C(=N)N3N=C(c4cccnc4)SC3=NC2=O)c(C)n1-c1ccccc1Cl. The number of nitrogens with zero attached hydrogens (tertiary/aromatic N) is 5. The average molecular weight is 461 g/mol. The number of aryl methyl sites for hydroxylation is 1. The highest BCUT2D eigenvalue weighted by atomic mass is 35.5. The summed E-state index contributed by atoms with van der Waals surface area (Å²) in [6, 6.07) is 13.3. The predicted molar refractivity (Wildman–Crippen MR) is 129 cm³/mol. The molecular weight excluding hydrogens is 444 g/mol. The van der Waals surface area contributed by atoms with Gasteiger partial charge in [0.05, 0.1) is 16.3 Å². The molecule has 1 aromatic carbocycles. The van der Waals surface area contributed by atoms with Crippen molar-refractivity contribution in [2.24, 2.45) is 10.1 Å². The summed E-state index contributed by atoms with van der Waals surface area (Å²) in [5, 5.41) is 16.2. The van der Waals surface area contributed by atoms with Gasteiger partial charge in [-0.3, -0.25) is 15.2 Å². The zero-order valence-electron chi connectivity index (χ0n) is 17.2. The van der Waals surface area contributed by atoms with Crippen molar-refractivity contribution in [3.63, 3.8) is 0 Å². The second kappa shape index (κ2) is 7.89. The van der Waals surface area contributed by atoms with E-state index >= 15 is 0 Å². The van der Waals surface area contributed by atoms with Gasteiger partial charge in [0.1, 0.15) is 5.04 Å². The highest BCUT2D eigenvalue weighted by Gasteiger charge is 2.36. The number of fused-ring (bicyclic) bond motifs is 1. The third-order valence-corrected chi connectivity index (χ3v) is 6.50. The fourth-order valence-corrected chi connectivity index (χ4v) is 4.79. The first-order valence-corrected chi connectivity index (χ1v) is 11.0. The van der Waals surface area contributed by atoms with Gasteiger partial charge in [-0.05, 0) is 67.6 Å². The van der Waals surface area contributed by atoms with Gasteiger partial charge in [-0.2, -0.15) is 15.1 Å². The number of benzene rings is 1. The molecular formula is C23H17ClN6OS. The molecule has 5 rings (SSSR count). The van der Waals surface area contributed by atoms with Gasteiger partial charge in [0.15, 0.2) is 5.84 Å². The van der Waals surface area contributed by atoms with E-state index < -0.39 is 5.91 Å². The zero-order chi connectivity index (χ0) is 22.4. The molecule has 0 fully saturated rings. The Morgan fingerprint density at radius 3 is 2.72 bits per heavy atom. The first-order chi connectivity index (χ1) is 15.4. The molecule has 0 spiro atoms. The molecule has 2 aliphatic heterocycles. The van der Waals surface area contributed by atoms with Crippen molar-refractivity contribution in [3.05, 3.63) is 88.0 Å². The normalized spacial score (nSPS) is 17.0. The molecule has 9 heteroatoms. The molecule has 0 bridgehead atoms. The quantitative estimate of drug-likeness (QED) is 0.568. The second-order valence-electron chi connectivity index (χ2n) is 7.28. The van der Waals surface area contributed by atoms with Crippen LogP contribution in [-0.2, 0) is 4.79 Å². The van der Waals surface area contributed by atoms with Crippen molar-refractivity contribution in [2.45, 2.75) is 13.8 Å². The summed E-state index contributed by atoms with van der Waals surface area (Å²) in [4.78, 5) is 21.1. The lowest BCUT2D eigenvalue weighted by atomic mass is 10.1. The minimum atomic E-state index is -0.459. The Morgan fingerprint density at radius 2 is 1.97 bits per heavy atom. The summed E-state index contributed by atoms with van der Waals surface area (Å²) in [5.41, 5.74) is 4.55. The first kappa shape index (κ1) is 20.4. The molecule has 0 unspecified atom stereocenters. The fraction of sp³-hybridized carbons (Fsp3) is 0.0870. The summed E-state index contributed by atoms with van der Waals surface area (Å²) in [6.07, 6.45) is 5.07. The van der Waals surface area contributed by atoms with Crippen molar-refractivity contribution >= 4 is 51.4 Å². The molecule has 1 N–H and O–H groups in total. The van der Waals surface area contributed by atoms with E-state index in [0.29, 0.717) is 15.2 Å². The Kier molecular flexibility index (Phi) is 5.03. The number of amidine groups is 2. The van der Waals surface area contributed by atoms with E-state index in [9.17, 15) is 4.79 Å². The molecule has 7 nitrogen and oxygen atoms in total. The Labute approximate surface area is 193 Å². The van der Waals surface area contributed by atoms with Crippen molar-refractivity contribution < 1.29 is 4.79 Å². The number of para-hydroxylation sites is 1. The molecule has 0 radical (unpaired) electrons. The smallest absolute Gasteiger partial charge is 0.283 e. The van der Waals surface area contributed by atoms with Crippen LogP contribution in [0.5, 0.6) is 0 Å². The fourth-order valence-electron chi connectivity index (χ4n) is 3.69. The minimum Gasteiger partial charge on any atom is -0.316 e. The number of aliphatic imine (C=N–C) groups is 1. The van der Waals surface area contributed by atoms with Gasteiger partial charge in [0, 0.05) is 29.3 Å². The second-order valence-corrected chi connectivity index (χ2v) is 8.64. The topological polar surface area (TPSA) is 86.7 Å². The third kappa shape index (κ3) is 3.37. The predicted octanol–water partition coefficient (Wildman–Crippen LogP) is 4.81. The van der Waals surface area contributed by atoms with E-state index in [1.165, 1.54) is 16.8 Å². The lowest BCUT2D eigenvalue weighted by molar-refractivity contribution is -0.114. The van der Waals surface area contributed by atoms with Gasteiger partial charge in [-0.25, -0.2) is 0 Å². The lowest BCUT2D eigenvalue weighted by Crippen LogP contribution is -2.35. The van der Waals surface area contributed by atoms with Gasteiger partial charge in [0.25, 0.3) is 5.91 Å². The van der Waals surface area contributed by atoms with Crippen LogP contribution in [0.4, 0.5) is 0 Å². The molecule has 158 valence electrons. The number of carbonyl (C=O) groups is 1. The number of nitrogens with one attached hydrogen (secondary N) is 1. The highest BCUT2D eigenvalue weighted by molar-refractivity contribution is 8.27. The number of hydrogen-bond donors (Lipinski definition) is 1. The maximum absolute atomic E-state index is 12.8. The molecule has 2 aliphatic rings. The van der Waals surface area contributed by atoms with Crippen LogP contribution in [0.25, 0.3) is 11.8 Å². The summed E-state index contributed by atoms with van der Waals surface area (Å²) in [6.45, 7) is 3.93. The van der Waals surface area contributed by atoms with Crippen molar-refractivity contribution in [3.8, 4) is 5.69 Å². The molecule has 1 amide bonds. The highest BCUT2D eigenvalue weighted by Crippen LogP contribution is 2.32. The van der Waals surface area contributed by atoms with Crippen LogP contribution in [0, 0.1) is 19.3 Å². The zero-order valence-corrected chi connectivity index (χ0v) is 18.8.